The van der Waals surface area contributed by atoms with E-state index in [1.807, 2.05) is 67.6 Å². The summed E-state index contributed by atoms with van der Waals surface area (Å²) in [5, 5.41) is 11.1. The summed E-state index contributed by atoms with van der Waals surface area (Å²) in [5.74, 6) is 0.130. The molecule has 148 valence electrons. The van der Waals surface area contributed by atoms with Crippen molar-refractivity contribution >= 4 is 5.71 Å². The first kappa shape index (κ1) is 19.2. The summed E-state index contributed by atoms with van der Waals surface area (Å²) < 4.78 is 1.79. The van der Waals surface area contributed by atoms with Crippen LogP contribution in [0.1, 0.15) is 48.6 Å². The first-order valence-corrected chi connectivity index (χ1v) is 10.3. The number of nitrogens with zero attached hydrogens (tertiary/aromatic N) is 2. The topological polar surface area (TPSA) is 54.6 Å². The molecule has 3 aromatic rings. The number of pyridine rings is 1. The summed E-state index contributed by atoms with van der Waals surface area (Å²) in [4.78, 5) is 18.3. The SMILES string of the molecule is CCC(=NCc1ccccc1)c1c(O)c2c(n(-c3ccccc3)c1=O)CCCC2. The van der Waals surface area contributed by atoms with E-state index in [1.54, 1.807) is 4.57 Å². The molecule has 2 aromatic carbocycles. The van der Waals surface area contributed by atoms with Crippen molar-refractivity contribution in [3.8, 4) is 11.4 Å². The van der Waals surface area contributed by atoms with Gasteiger partial charge in [0.25, 0.3) is 5.56 Å². The van der Waals surface area contributed by atoms with E-state index in [0.29, 0.717) is 24.2 Å². The third-order valence-electron chi connectivity index (χ3n) is 5.58. The second kappa shape index (κ2) is 8.48. The highest BCUT2D eigenvalue weighted by Gasteiger charge is 2.26. The Morgan fingerprint density at radius 2 is 1.66 bits per heavy atom. The second-order valence-corrected chi connectivity index (χ2v) is 7.43. The number of benzene rings is 2. The quantitative estimate of drug-likeness (QED) is 0.639. The molecule has 0 amide bonds. The van der Waals surface area contributed by atoms with Gasteiger partial charge in [-0.05, 0) is 49.8 Å². The van der Waals surface area contributed by atoms with Gasteiger partial charge < -0.3 is 5.11 Å². The molecule has 1 N–H and O–H groups in total. The molecule has 0 bridgehead atoms. The van der Waals surface area contributed by atoms with Gasteiger partial charge in [0.05, 0.1) is 12.3 Å². The Balaban J connectivity index is 1.90. The van der Waals surface area contributed by atoms with Gasteiger partial charge in [0, 0.05) is 16.9 Å². The van der Waals surface area contributed by atoms with Crippen LogP contribution in [0.2, 0.25) is 0 Å². The van der Waals surface area contributed by atoms with E-state index in [2.05, 4.69) is 0 Å². The molecule has 1 aliphatic carbocycles. The van der Waals surface area contributed by atoms with E-state index < -0.39 is 0 Å². The smallest absolute Gasteiger partial charge is 0.268 e. The second-order valence-electron chi connectivity index (χ2n) is 7.43. The Bertz CT molecular complexity index is 1080. The fourth-order valence-electron chi connectivity index (χ4n) is 4.13. The van der Waals surface area contributed by atoms with E-state index in [9.17, 15) is 9.90 Å². The maximum Gasteiger partial charge on any atom is 0.268 e. The molecule has 1 aromatic heterocycles. The van der Waals surface area contributed by atoms with Gasteiger partial charge in [-0.1, -0.05) is 55.5 Å². The van der Waals surface area contributed by atoms with E-state index >= 15 is 0 Å². The van der Waals surface area contributed by atoms with Crippen LogP contribution >= 0.6 is 0 Å². The Kier molecular flexibility index (Phi) is 5.61. The fraction of sp³-hybridized carbons (Fsp3) is 0.280. The van der Waals surface area contributed by atoms with E-state index in [1.165, 1.54) is 0 Å². The maximum absolute atomic E-state index is 13.6. The maximum atomic E-state index is 13.6. The lowest BCUT2D eigenvalue weighted by atomic mass is 9.91. The molecule has 4 rings (SSSR count). The number of aromatic nitrogens is 1. The number of hydrogen-bond donors (Lipinski definition) is 1. The van der Waals surface area contributed by atoms with Gasteiger partial charge >= 0.3 is 0 Å². The van der Waals surface area contributed by atoms with Crippen molar-refractivity contribution in [3.05, 3.63) is 93.4 Å². The Labute approximate surface area is 171 Å². The van der Waals surface area contributed by atoms with Crippen LogP contribution in [-0.4, -0.2) is 15.4 Å². The first-order valence-electron chi connectivity index (χ1n) is 10.3. The predicted octanol–water partition coefficient (Wildman–Crippen LogP) is 4.82. The molecule has 1 heterocycles. The lowest BCUT2D eigenvalue weighted by Gasteiger charge is -2.24. The van der Waals surface area contributed by atoms with Gasteiger partial charge in [0.15, 0.2) is 0 Å². The van der Waals surface area contributed by atoms with Crippen LogP contribution in [0.15, 0.2) is 70.5 Å². The number of hydrogen-bond acceptors (Lipinski definition) is 3. The van der Waals surface area contributed by atoms with Crippen molar-refractivity contribution in [2.75, 3.05) is 0 Å². The minimum Gasteiger partial charge on any atom is -0.507 e. The highest BCUT2D eigenvalue weighted by molar-refractivity contribution is 6.02. The summed E-state index contributed by atoms with van der Waals surface area (Å²) in [6, 6.07) is 19.7. The van der Waals surface area contributed by atoms with Crippen LogP contribution in [0.25, 0.3) is 5.69 Å². The van der Waals surface area contributed by atoms with Crippen molar-refractivity contribution in [2.24, 2.45) is 4.99 Å². The van der Waals surface area contributed by atoms with Gasteiger partial charge in [-0.25, -0.2) is 0 Å². The van der Waals surface area contributed by atoms with Gasteiger partial charge in [-0.15, -0.1) is 0 Å². The summed E-state index contributed by atoms with van der Waals surface area (Å²) in [6.07, 6.45) is 4.23. The van der Waals surface area contributed by atoms with Crippen LogP contribution in [0.4, 0.5) is 0 Å². The Hall–Kier alpha value is -3.14. The Morgan fingerprint density at radius 3 is 2.34 bits per heavy atom. The molecule has 0 aliphatic heterocycles. The van der Waals surface area contributed by atoms with Gasteiger partial charge in [0.2, 0.25) is 0 Å². The van der Waals surface area contributed by atoms with Crippen molar-refractivity contribution in [1.29, 1.82) is 0 Å². The van der Waals surface area contributed by atoms with E-state index in [-0.39, 0.29) is 11.3 Å². The highest BCUT2D eigenvalue weighted by atomic mass is 16.3. The zero-order chi connectivity index (χ0) is 20.2. The summed E-state index contributed by atoms with van der Waals surface area (Å²) in [5.41, 5.74) is 4.60. The summed E-state index contributed by atoms with van der Waals surface area (Å²) >= 11 is 0. The van der Waals surface area contributed by atoms with E-state index in [4.69, 9.17) is 4.99 Å². The number of aromatic hydroxyl groups is 1. The monoisotopic (exact) mass is 386 g/mol. The molecule has 0 spiro atoms. The normalized spacial score (nSPS) is 13.9. The fourth-order valence-corrected chi connectivity index (χ4v) is 4.13. The Morgan fingerprint density at radius 1 is 1.00 bits per heavy atom. The number of rotatable bonds is 5. The minimum atomic E-state index is -0.178. The molecule has 0 atom stereocenters. The lowest BCUT2D eigenvalue weighted by molar-refractivity contribution is 0.454. The van der Waals surface area contributed by atoms with Crippen LogP contribution in [-0.2, 0) is 19.4 Å². The van der Waals surface area contributed by atoms with Crippen LogP contribution in [0.5, 0.6) is 5.75 Å². The molecule has 0 saturated carbocycles. The summed E-state index contributed by atoms with van der Waals surface area (Å²) in [7, 11) is 0. The number of para-hydroxylation sites is 1. The number of aliphatic imine (C=N–C) groups is 1. The van der Waals surface area contributed by atoms with Gasteiger partial charge in [0.1, 0.15) is 11.3 Å². The van der Waals surface area contributed by atoms with E-state index in [0.717, 1.165) is 48.2 Å². The largest absolute Gasteiger partial charge is 0.507 e. The van der Waals surface area contributed by atoms with Gasteiger partial charge in [-0.3, -0.25) is 14.4 Å². The molecule has 0 fully saturated rings. The molecule has 4 heteroatoms. The molecule has 0 saturated heterocycles. The van der Waals surface area contributed by atoms with Crippen molar-refractivity contribution in [1.82, 2.24) is 4.57 Å². The highest BCUT2D eigenvalue weighted by Crippen LogP contribution is 2.32. The standard InChI is InChI=1S/C25H26N2O2/c1-2-21(26-17-18-11-5-3-6-12-18)23-24(28)20-15-9-10-16-22(20)27(25(23)29)19-13-7-4-8-14-19/h3-8,11-14,28H,2,9-10,15-17H2,1H3. The molecule has 29 heavy (non-hydrogen) atoms. The lowest BCUT2D eigenvalue weighted by Crippen LogP contribution is -2.31. The summed E-state index contributed by atoms with van der Waals surface area (Å²) in [6.45, 7) is 2.47. The average Bonchev–Trinajstić information content (AvgIpc) is 2.77. The van der Waals surface area contributed by atoms with Crippen molar-refractivity contribution < 1.29 is 5.11 Å². The molecular weight excluding hydrogens is 360 g/mol. The molecule has 1 aliphatic rings. The molecule has 0 radical (unpaired) electrons. The number of fused-ring (bicyclic) bond motifs is 1. The van der Waals surface area contributed by atoms with Crippen molar-refractivity contribution in [3.63, 3.8) is 0 Å². The first-order chi connectivity index (χ1) is 14.2. The van der Waals surface area contributed by atoms with Crippen LogP contribution < -0.4 is 5.56 Å². The van der Waals surface area contributed by atoms with Crippen molar-refractivity contribution in [2.45, 2.75) is 45.6 Å². The van der Waals surface area contributed by atoms with Crippen LogP contribution in [0, 0.1) is 0 Å². The predicted molar refractivity (Wildman–Crippen MR) is 117 cm³/mol. The zero-order valence-corrected chi connectivity index (χ0v) is 16.8. The zero-order valence-electron chi connectivity index (χ0n) is 16.8. The minimum absolute atomic E-state index is 0.130. The molecule has 4 nitrogen and oxygen atoms in total. The molecule has 0 unspecified atom stereocenters. The van der Waals surface area contributed by atoms with Crippen LogP contribution in [0.3, 0.4) is 0 Å². The average molecular weight is 386 g/mol. The molecular formula is C25H26N2O2. The third-order valence-corrected chi connectivity index (χ3v) is 5.58. The van der Waals surface area contributed by atoms with Gasteiger partial charge in [-0.2, -0.15) is 0 Å². The third kappa shape index (κ3) is 3.75.